The molecule has 0 bridgehead atoms. The Morgan fingerprint density at radius 3 is 2.58 bits per heavy atom. The van der Waals surface area contributed by atoms with Crippen LogP contribution in [-0.4, -0.2) is 22.3 Å². The van der Waals surface area contributed by atoms with E-state index < -0.39 is 17.7 Å². The number of aryl methyl sites for hydroxylation is 3. The molecule has 33 heavy (non-hydrogen) atoms. The van der Waals surface area contributed by atoms with Gasteiger partial charge in [-0.3, -0.25) is 19.4 Å². The molecule has 0 amide bonds. The van der Waals surface area contributed by atoms with Crippen LogP contribution in [0.2, 0.25) is 5.02 Å². The molecule has 1 aliphatic rings. The van der Waals surface area contributed by atoms with E-state index in [4.69, 9.17) is 11.6 Å². The van der Waals surface area contributed by atoms with Crippen LogP contribution >= 0.6 is 22.9 Å². The van der Waals surface area contributed by atoms with Crippen LogP contribution < -0.4 is 0 Å². The van der Waals surface area contributed by atoms with Crippen LogP contribution in [0.1, 0.15) is 46.7 Å². The van der Waals surface area contributed by atoms with E-state index in [9.17, 15) is 18.8 Å². The van der Waals surface area contributed by atoms with Gasteiger partial charge in [-0.25, -0.2) is 4.39 Å². The van der Waals surface area contributed by atoms with Crippen LogP contribution in [0.15, 0.2) is 41.9 Å². The summed E-state index contributed by atoms with van der Waals surface area (Å²) in [7, 11) is 0. The average molecular weight is 484 g/mol. The van der Waals surface area contributed by atoms with E-state index in [0.717, 1.165) is 16.0 Å². The average Bonchev–Trinajstić information content (AvgIpc) is 3.35. The summed E-state index contributed by atoms with van der Waals surface area (Å²) in [6.45, 7) is 3.61. The van der Waals surface area contributed by atoms with E-state index >= 15 is 0 Å². The van der Waals surface area contributed by atoms with Crippen LogP contribution in [0.4, 0.5) is 4.39 Å². The number of Topliss-reactive ketones (excluding diaryl/α,β-unsaturated/α-hetero) is 3. The number of ketones is 3. The first-order chi connectivity index (χ1) is 15.7. The van der Waals surface area contributed by atoms with Crippen molar-refractivity contribution >= 4 is 40.3 Å². The molecule has 0 N–H and O–H groups in total. The van der Waals surface area contributed by atoms with Gasteiger partial charge < -0.3 is 0 Å². The molecule has 2 aromatic heterocycles. The molecular weight excluding hydrogens is 461 g/mol. The van der Waals surface area contributed by atoms with Gasteiger partial charge in [0.2, 0.25) is 0 Å². The number of nitrogens with zero attached hydrogens (tertiary/aromatic N) is 1. The third-order valence-electron chi connectivity index (χ3n) is 6.12. The molecule has 4 rings (SSSR count). The molecule has 1 aliphatic carbocycles. The van der Waals surface area contributed by atoms with Gasteiger partial charge in [0.25, 0.3) is 0 Å². The van der Waals surface area contributed by atoms with Gasteiger partial charge in [-0.2, -0.15) is 0 Å². The SMILES string of the molecule is Cc1cc(-c2ncc(Cl)cc2F)cc(C)c1C1C(=O)CC(CC(=O)CCc2cccs2)C1=O. The van der Waals surface area contributed by atoms with Gasteiger partial charge in [-0.1, -0.05) is 17.7 Å². The summed E-state index contributed by atoms with van der Waals surface area (Å²) in [4.78, 5) is 43.7. The lowest BCUT2D eigenvalue weighted by molar-refractivity contribution is -0.127. The van der Waals surface area contributed by atoms with Crippen molar-refractivity contribution in [1.29, 1.82) is 0 Å². The molecule has 4 nitrogen and oxygen atoms in total. The van der Waals surface area contributed by atoms with Gasteiger partial charge in [0.05, 0.1) is 5.02 Å². The van der Waals surface area contributed by atoms with Gasteiger partial charge in [0.1, 0.15) is 23.2 Å². The number of pyridine rings is 1. The molecule has 1 fully saturated rings. The highest BCUT2D eigenvalue weighted by atomic mass is 35.5. The van der Waals surface area contributed by atoms with Crippen molar-refractivity contribution in [1.82, 2.24) is 4.98 Å². The summed E-state index contributed by atoms with van der Waals surface area (Å²) in [6.07, 6.45) is 2.59. The third-order valence-corrected chi connectivity index (χ3v) is 7.27. The fourth-order valence-corrected chi connectivity index (χ4v) is 5.47. The zero-order valence-corrected chi connectivity index (χ0v) is 19.9. The molecule has 2 atom stereocenters. The molecule has 0 saturated heterocycles. The summed E-state index contributed by atoms with van der Waals surface area (Å²) >= 11 is 7.41. The second-order valence-corrected chi connectivity index (χ2v) is 10.0. The molecule has 170 valence electrons. The summed E-state index contributed by atoms with van der Waals surface area (Å²) in [5.74, 6) is -2.35. The number of carbonyl (C=O) groups excluding carboxylic acids is 3. The maximum atomic E-state index is 14.4. The molecule has 2 heterocycles. The number of aromatic nitrogens is 1. The number of benzene rings is 1. The van der Waals surface area contributed by atoms with Gasteiger partial charge >= 0.3 is 0 Å². The topological polar surface area (TPSA) is 64.1 Å². The maximum Gasteiger partial charge on any atom is 0.151 e. The van der Waals surface area contributed by atoms with Gasteiger partial charge in [-0.05, 0) is 66.6 Å². The van der Waals surface area contributed by atoms with Crippen molar-refractivity contribution in [3.8, 4) is 11.3 Å². The fourth-order valence-electron chi connectivity index (χ4n) is 4.62. The first kappa shape index (κ1) is 23.5. The Morgan fingerprint density at radius 2 is 1.94 bits per heavy atom. The normalized spacial score (nSPS) is 18.2. The molecule has 1 aromatic carbocycles. The molecule has 7 heteroatoms. The lowest BCUT2D eigenvalue weighted by Gasteiger charge is -2.17. The van der Waals surface area contributed by atoms with Crippen molar-refractivity contribution in [2.24, 2.45) is 5.92 Å². The van der Waals surface area contributed by atoms with E-state index in [0.29, 0.717) is 24.0 Å². The zero-order chi connectivity index (χ0) is 23.7. The Kier molecular flexibility index (Phi) is 6.86. The number of carbonyl (C=O) groups is 3. The Bertz CT molecular complexity index is 1220. The summed E-state index contributed by atoms with van der Waals surface area (Å²) in [5.41, 5.74) is 2.81. The largest absolute Gasteiger partial charge is 0.300 e. The van der Waals surface area contributed by atoms with Gasteiger partial charge in [-0.15, -0.1) is 11.3 Å². The predicted octanol–water partition coefficient (Wildman–Crippen LogP) is 6.05. The highest BCUT2D eigenvalue weighted by molar-refractivity contribution is 7.09. The summed E-state index contributed by atoms with van der Waals surface area (Å²) in [5, 5.41) is 2.18. The molecule has 0 radical (unpaired) electrons. The first-order valence-electron chi connectivity index (χ1n) is 10.8. The zero-order valence-electron chi connectivity index (χ0n) is 18.4. The molecule has 3 aromatic rings. The van der Waals surface area contributed by atoms with E-state index in [1.54, 1.807) is 37.3 Å². The number of halogens is 2. The van der Waals surface area contributed by atoms with Crippen molar-refractivity contribution in [3.05, 3.63) is 74.3 Å². The van der Waals surface area contributed by atoms with E-state index in [1.807, 2.05) is 17.5 Å². The van der Waals surface area contributed by atoms with Crippen molar-refractivity contribution < 1.29 is 18.8 Å². The minimum absolute atomic E-state index is 0.00304. The molecule has 0 aliphatic heterocycles. The predicted molar refractivity (Wildman–Crippen MR) is 127 cm³/mol. The van der Waals surface area contributed by atoms with E-state index in [1.165, 1.54) is 12.3 Å². The third kappa shape index (κ3) is 4.97. The molecule has 1 saturated carbocycles. The maximum absolute atomic E-state index is 14.4. The minimum Gasteiger partial charge on any atom is -0.300 e. The number of hydrogen-bond donors (Lipinski definition) is 0. The van der Waals surface area contributed by atoms with Crippen molar-refractivity contribution in [2.45, 2.75) is 45.4 Å². The Labute approximate surface area is 200 Å². The fraction of sp³-hybridized carbons (Fsp3) is 0.308. The Morgan fingerprint density at radius 1 is 1.21 bits per heavy atom. The van der Waals surface area contributed by atoms with Crippen LogP contribution in [-0.2, 0) is 20.8 Å². The molecule has 2 unspecified atom stereocenters. The van der Waals surface area contributed by atoms with E-state index in [2.05, 4.69) is 4.98 Å². The number of rotatable bonds is 7. The second kappa shape index (κ2) is 9.65. The monoisotopic (exact) mass is 483 g/mol. The lowest BCUT2D eigenvalue weighted by Crippen LogP contribution is -2.19. The Hall–Kier alpha value is -2.70. The molecule has 0 spiro atoms. The lowest BCUT2D eigenvalue weighted by atomic mass is 9.85. The van der Waals surface area contributed by atoms with Gasteiger partial charge in [0, 0.05) is 41.8 Å². The quantitative estimate of drug-likeness (QED) is 0.383. The summed E-state index contributed by atoms with van der Waals surface area (Å²) in [6, 6.07) is 8.61. The van der Waals surface area contributed by atoms with Crippen LogP contribution in [0.3, 0.4) is 0 Å². The number of thiophene rings is 1. The van der Waals surface area contributed by atoms with Crippen LogP contribution in [0.5, 0.6) is 0 Å². The molecular formula is C26H23ClFNO3S. The van der Waals surface area contributed by atoms with E-state index in [-0.39, 0.29) is 40.9 Å². The van der Waals surface area contributed by atoms with Crippen LogP contribution in [0.25, 0.3) is 11.3 Å². The minimum atomic E-state index is -0.878. The second-order valence-electron chi connectivity index (χ2n) is 8.53. The highest BCUT2D eigenvalue weighted by Crippen LogP contribution is 2.39. The van der Waals surface area contributed by atoms with Crippen molar-refractivity contribution in [2.75, 3.05) is 0 Å². The van der Waals surface area contributed by atoms with Gasteiger partial charge in [0.15, 0.2) is 11.6 Å². The smallest absolute Gasteiger partial charge is 0.151 e. The number of hydrogen-bond acceptors (Lipinski definition) is 5. The van der Waals surface area contributed by atoms with Crippen molar-refractivity contribution in [3.63, 3.8) is 0 Å². The Balaban J connectivity index is 1.53. The standard InChI is InChI=1S/C26H23ClFNO3S/c1-14-8-16(25-21(28)12-18(27)13-29-25)9-15(2)23(14)24-22(31)11-17(26(24)32)10-19(30)5-6-20-4-3-7-33-20/h3-4,7-9,12-13,17,24H,5-6,10-11H2,1-2H3. The highest BCUT2D eigenvalue weighted by Gasteiger charge is 2.43. The summed E-state index contributed by atoms with van der Waals surface area (Å²) < 4.78 is 14.4. The first-order valence-corrected chi connectivity index (χ1v) is 12.0. The van der Waals surface area contributed by atoms with Crippen LogP contribution in [0, 0.1) is 25.6 Å².